The van der Waals surface area contributed by atoms with Crippen molar-refractivity contribution in [3.63, 3.8) is 0 Å². The second-order valence-electron chi connectivity index (χ2n) is 6.12. The molecule has 2 aromatic carbocycles. The molecule has 0 bridgehead atoms. The van der Waals surface area contributed by atoms with Gasteiger partial charge in [-0.05, 0) is 24.3 Å². The van der Waals surface area contributed by atoms with Crippen molar-refractivity contribution in [2.75, 3.05) is 37.0 Å². The van der Waals surface area contributed by atoms with E-state index in [0.717, 1.165) is 6.07 Å². The molecule has 1 heterocycles. The van der Waals surface area contributed by atoms with Gasteiger partial charge in [-0.3, -0.25) is 9.69 Å². The largest absolute Gasteiger partial charge is 0.495 e. The van der Waals surface area contributed by atoms with Gasteiger partial charge in [-0.25, -0.2) is 4.79 Å². The number of hydrogen-bond donors (Lipinski definition) is 1. The zero-order valence-electron chi connectivity index (χ0n) is 15.0. The number of alkyl halides is 3. The van der Waals surface area contributed by atoms with Crippen LogP contribution >= 0.6 is 0 Å². The Morgan fingerprint density at radius 3 is 2.50 bits per heavy atom. The Labute approximate surface area is 159 Å². The predicted octanol–water partition coefficient (Wildman–Crippen LogP) is 3.59. The van der Waals surface area contributed by atoms with E-state index >= 15 is 0 Å². The van der Waals surface area contributed by atoms with Crippen LogP contribution in [-0.4, -0.2) is 43.6 Å². The fraction of sp³-hybridized carbons (Fsp3) is 0.263. The van der Waals surface area contributed by atoms with Crippen LogP contribution in [0.2, 0.25) is 0 Å². The van der Waals surface area contributed by atoms with Crippen LogP contribution in [0.4, 0.5) is 29.3 Å². The molecule has 2 aromatic rings. The number of hydrogen-bond acceptors (Lipinski definition) is 3. The standard InChI is InChI=1S/C19H18F3N3O3/c1-28-16-9-5-4-8-15(16)25-11-10-24(18(25)27)12-17(26)23-14-7-3-2-6-13(14)19(20,21)22/h2-9H,10-12H2,1H3,(H,23,26). The number of rotatable bonds is 5. The highest BCUT2D eigenvalue weighted by Crippen LogP contribution is 2.34. The van der Waals surface area contributed by atoms with E-state index in [-0.39, 0.29) is 18.8 Å². The molecule has 0 unspecified atom stereocenters. The molecule has 0 saturated carbocycles. The summed E-state index contributed by atoms with van der Waals surface area (Å²) < 4.78 is 44.4. The molecule has 9 heteroatoms. The molecule has 28 heavy (non-hydrogen) atoms. The average molecular weight is 393 g/mol. The molecule has 0 spiro atoms. The Balaban J connectivity index is 1.69. The number of benzene rings is 2. The van der Waals surface area contributed by atoms with Crippen molar-refractivity contribution in [3.8, 4) is 5.75 Å². The van der Waals surface area contributed by atoms with Gasteiger partial charge in [0.2, 0.25) is 5.91 Å². The Kier molecular flexibility index (Phi) is 5.43. The molecular formula is C19H18F3N3O3. The maximum Gasteiger partial charge on any atom is 0.418 e. The summed E-state index contributed by atoms with van der Waals surface area (Å²) in [6, 6.07) is 11.3. The third kappa shape index (κ3) is 4.03. The van der Waals surface area contributed by atoms with Gasteiger partial charge in [0.1, 0.15) is 12.3 Å². The molecule has 0 aromatic heterocycles. The smallest absolute Gasteiger partial charge is 0.418 e. The van der Waals surface area contributed by atoms with Crippen LogP contribution in [0.15, 0.2) is 48.5 Å². The van der Waals surface area contributed by atoms with Crippen molar-refractivity contribution < 1.29 is 27.5 Å². The predicted molar refractivity (Wildman–Crippen MR) is 97.4 cm³/mol. The molecule has 0 aliphatic carbocycles. The van der Waals surface area contributed by atoms with Crippen molar-refractivity contribution >= 4 is 23.3 Å². The molecule has 0 atom stereocenters. The summed E-state index contributed by atoms with van der Waals surface area (Å²) in [7, 11) is 1.49. The van der Waals surface area contributed by atoms with Crippen LogP contribution in [-0.2, 0) is 11.0 Å². The van der Waals surface area contributed by atoms with Crippen LogP contribution in [0.1, 0.15) is 5.56 Å². The van der Waals surface area contributed by atoms with E-state index in [1.807, 2.05) is 0 Å². The van der Waals surface area contributed by atoms with Crippen molar-refractivity contribution in [1.82, 2.24) is 4.90 Å². The lowest BCUT2D eigenvalue weighted by molar-refractivity contribution is -0.137. The maximum absolute atomic E-state index is 13.0. The quantitative estimate of drug-likeness (QED) is 0.845. The summed E-state index contributed by atoms with van der Waals surface area (Å²) in [4.78, 5) is 27.6. The molecule has 1 fully saturated rings. The van der Waals surface area contributed by atoms with Crippen molar-refractivity contribution in [1.29, 1.82) is 0 Å². The van der Waals surface area contributed by atoms with Gasteiger partial charge in [-0.2, -0.15) is 13.2 Å². The summed E-state index contributed by atoms with van der Waals surface area (Å²) in [5.74, 6) is -0.187. The van der Waals surface area contributed by atoms with E-state index in [4.69, 9.17) is 4.74 Å². The number of carbonyl (C=O) groups is 2. The van der Waals surface area contributed by atoms with Crippen LogP contribution in [0.25, 0.3) is 0 Å². The zero-order valence-corrected chi connectivity index (χ0v) is 15.0. The van der Waals surface area contributed by atoms with Crippen molar-refractivity contribution in [2.45, 2.75) is 6.18 Å². The van der Waals surface area contributed by atoms with E-state index in [0.29, 0.717) is 18.0 Å². The number of nitrogens with zero attached hydrogens (tertiary/aromatic N) is 2. The van der Waals surface area contributed by atoms with Crippen LogP contribution in [0.3, 0.4) is 0 Å². The van der Waals surface area contributed by atoms with Gasteiger partial charge in [-0.1, -0.05) is 24.3 Å². The van der Waals surface area contributed by atoms with Gasteiger partial charge in [0.25, 0.3) is 0 Å². The lowest BCUT2D eigenvalue weighted by Crippen LogP contribution is -2.37. The van der Waals surface area contributed by atoms with E-state index in [1.165, 1.54) is 35.1 Å². The number of methoxy groups -OCH3 is 1. The molecule has 3 amide bonds. The summed E-state index contributed by atoms with van der Waals surface area (Å²) in [6.07, 6.45) is -4.59. The first-order valence-corrected chi connectivity index (χ1v) is 8.47. The number of nitrogens with one attached hydrogen (secondary N) is 1. The summed E-state index contributed by atoms with van der Waals surface area (Å²) in [5.41, 5.74) is -0.708. The van der Waals surface area contributed by atoms with E-state index in [1.54, 1.807) is 24.3 Å². The first-order valence-electron chi connectivity index (χ1n) is 8.47. The van der Waals surface area contributed by atoms with Gasteiger partial charge in [0, 0.05) is 13.1 Å². The Morgan fingerprint density at radius 1 is 1.11 bits per heavy atom. The van der Waals surface area contributed by atoms with Crippen molar-refractivity contribution in [3.05, 3.63) is 54.1 Å². The topological polar surface area (TPSA) is 61.9 Å². The van der Waals surface area contributed by atoms with Gasteiger partial charge in [-0.15, -0.1) is 0 Å². The molecule has 1 aliphatic rings. The maximum atomic E-state index is 13.0. The fourth-order valence-electron chi connectivity index (χ4n) is 3.01. The SMILES string of the molecule is COc1ccccc1N1CCN(CC(=O)Nc2ccccc2C(F)(F)F)C1=O. The average Bonchev–Trinajstić information content (AvgIpc) is 3.01. The first-order chi connectivity index (χ1) is 13.3. The Bertz CT molecular complexity index is 886. The number of carbonyl (C=O) groups excluding carboxylic acids is 2. The second-order valence-corrected chi connectivity index (χ2v) is 6.12. The van der Waals surface area contributed by atoms with Crippen LogP contribution < -0.4 is 15.0 Å². The minimum Gasteiger partial charge on any atom is -0.495 e. The Morgan fingerprint density at radius 2 is 1.79 bits per heavy atom. The summed E-state index contributed by atoms with van der Waals surface area (Å²) >= 11 is 0. The number of anilines is 2. The van der Waals surface area contributed by atoms with Gasteiger partial charge in [0.05, 0.1) is 24.0 Å². The molecule has 3 rings (SSSR count). The number of urea groups is 1. The van der Waals surface area contributed by atoms with Crippen molar-refractivity contribution in [2.24, 2.45) is 0 Å². The van der Waals surface area contributed by atoms with Gasteiger partial charge in [0.15, 0.2) is 0 Å². The Hall–Kier alpha value is -3.23. The number of halogens is 3. The third-order valence-electron chi connectivity index (χ3n) is 4.31. The highest BCUT2D eigenvalue weighted by Gasteiger charge is 2.35. The summed E-state index contributed by atoms with van der Waals surface area (Å²) in [6.45, 7) is 0.257. The monoisotopic (exact) mass is 393 g/mol. The van der Waals surface area contributed by atoms with E-state index in [9.17, 15) is 22.8 Å². The first kappa shape index (κ1) is 19.5. The third-order valence-corrected chi connectivity index (χ3v) is 4.31. The number of amides is 3. The molecule has 0 radical (unpaired) electrons. The highest BCUT2D eigenvalue weighted by molar-refractivity contribution is 6.00. The minimum atomic E-state index is -4.59. The van der Waals surface area contributed by atoms with Crippen LogP contribution in [0, 0.1) is 0 Å². The fourth-order valence-corrected chi connectivity index (χ4v) is 3.01. The molecule has 148 valence electrons. The molecule has 1 saturated heterocycles. The second kappa shape index (κ2) is 7.79. The highest BCUT2D eigenvalue weighted by atomic mass is 19.4. The van der Waals surface area contributed by atoms with Gasteiger partial charge >= 0.3 is 12.2 Å². The number of ether oxygens (including phenoxy) is 1. The number of para-hydroxylation sites is 3. The van der Waals surface area contributed by atoms with E-state index in [2.05, 4.69) is 5.32 Å². The molecule has 1 N–H and O–H groups in total. The van der Waals surface area contributed by atoms with Gasteiger partial charge < -0.3 is 15.0 Å². The normalized spacial score (nSPS) is 14.4. The molecule has 6 nitrogen and oxygen atoms in total. The minimum absolute atomic E-state index is 0.269. The van der Waals surface area contributed by atoms with Crippen LogP contribution in [0.5, 0.6) is 5.75 Å². The lowest BCUT2D eigenvalue weighted by atomic mass is 10.1. The van der Waals surface area contributed by atoms with E-state index < -0.39 is 23.7 Å². The molecule has 1 aliphatic heterocycles. The zero-order chi connectivity index (χ0) is 20.3. The summed E-state index contributed by atoms with van der Waals surface area (Å²) in [5, 5.41) is 2.25. The lowest BCUT2D eigenvalue weighted by Gasteiger charge is -2.20. The molecular weight excluding hydrogens is 375 g/mol.